The number of unbranched alkanes of at least 4 members (excludes halogenated alkanes) is 1. The second-order valence-corrected chi connectivity index (χ2v) is 13.6. The largest absolute Gasteiger partial charge is 0.396 e. The van der Waals surface area contributed by atoms with Crippen molar-refractivity contribution in [2.45, 2.75) is 103 Å². The summed E-state index contributed by atoms with van der Waals surface area (Å²) in [6, 6.07) is 0. The molecule has 0 rings (SSSR count). The molecule has 0 saturated carbocycles. The van der Waals surface area contributed by atoms with E-state index in [1.54, 1.807) is 0 Å². The third-order valence-corrected chi connectivity index (χ3v) is 8.02. The number of aliphatic hydroxyl groups is 1. The van der Waals surface area contributed by atoms with Gasteiger partial charge in [-0.3, -0.25) is 0 Å². The van der Waals surface area contributed by atoms with E-state index in [0.717, 1.165) is 136 Å². The number of hydrogen-bond donors (Lipinski definition) is 1. The minimum absolute atomic E-state index is 0.178. The summed E-state index contributed by atoms with van der Waals surface area (Å²) in [5, 5.41) is 8.68. The van der Waals surface area contributed by atoms with Gasteiger partial charge in [0, 0.05) is 178 Å². The minimum atomic E-state index is 0.178. The Kier molecular flexibility index (Phi) is 54.9. The lowest BCUT2D eigenvalue weighted by atomic mass is 10.4. The van der Waals surface area contributed by atoms with Crippen molar-refractivity contribution in [2.75, 3.05) is 178 Å². The van der Waals surface area contributed by atoms with Crippen molar-refractivity contribution >= 4 is 0 Å². The summed E-state index contributed by atoms with van der Waals surface area (Å²) in [5.74, 6) is 0. The zero-order valence-corrected chi connectivity index (χ0v) is 36.5. The first-order valence-electron chi connectivity index (χ1n) is 22.5. The Morgan fingerprint density at radius 3 is 0.439 bits per heavy atom. The molecule has 0 unspecified atom stereocenters. The van der Waals surface area contributed by atoms with Crippen LogP contribution in [0.1, 0.15) is 103 Å². The molecular formula is C43H88O14. The van der Waals surface area contributed by atoms with Crippen molar-refractivity contribution in [1.29, 1.82) is 0 Å². The molecule has 0 fully saturated rings. The molecule has 0 aromatic carbocycles. The van der Waals surface area contributed by atoms with Gasteiger partial charge in [0.25, 0.3) is 0 Å². The molecule has 0 aromatic rings. The van der Waals surface area contributed by atoms with Gasteiger partial charge in [-0.15, -0.1) is 0 Å². The molecule has 14 nitrogen and oxygen atoms in total. The standard InChI is InChI=1S/C43H88O14/c1-2-3-18-45-20-5-22-47-24-7-26-49-28-9-30-51-32-11-34-53-36-13-38-55-40-15-42-57-43-16-41-56-39-14-37-54-35-12-33-52-31-10-29-50-27-8-25-48-23-6-21-46-19-4-17-44/h44H,2-43H2,1H3. The van der Waals surface area contributed by atoms with Crippen molar-refractivity contribution in [3.05, 3.63) is 0 Å². The first kappa shape index (κ1) is 56.4. The lowest BCUT2D eigenvalue weighted by molar-refractivity contribution is 0.0397. The van der Waals surface area contributed by atoms with Gasteiger partial charge in [-0.25, -0.2) is 0 Å². The molecule has 0 atom stereocenters. The molecule has 0 saturated heterocycles. The summed E-state index contributed by atoms with van der Waals surface area (Å²) in [7, 11) is 0. The van der Waals surface area contributed by atoms with E-state index in [1.165, 1.54) is 6.42 Å². The Morgan fingerprint density at radius 1 is 0.193 bits per heavy atom. The molecule has 0 aliphatic heterocycles. The van der Waals surface area contributed by atoms with Crippen molar-refractivity contribution in [3.8, 4) is 0 Å². The maximum atomic E-state index is 8.68. The Labute approximate surface area is 347 Å². The summed E-state index contributed by atoms with van der Waals surface area (Å²) in [5.41, 5.74) is 0. The number of rotatable bonds is 54. The number of ether oxygens (including phenoxy) is 13. The third kappa shape index (κ3) is 55.4. The molecule has 0 heterocycles. The maximum Gasteiger partial charge on any atom is 0.0488 e. The molecule has 0 radical (unpaired) electrons. The highest BCUT2D eigenvalue weighted by molar-refractivity contribution is 4.45. The lowest BCUT2D eigenvalue weighted by Gasteiger charge is -2.08. The molecule has 0 aromatic heterocycles. The van der Waals surface area contributed by atoms with Crippen molar-refractivity contribution in [2.24, 2.45) is 0 Å². The summed E-state index contributed by atoms with van der Waals surface area (Å²) in [6.07, 6.45) is 13.8. The van der Waals surface area contributed by atoms with Crippen LogP contribution in [0.15, 0.2) is 0 Å². The normalized spacial score (nSPS) is 11.7. The fourth-order valence-corrected chi connectivity index (χ4v) is 4.90. The van der Waals surface area contributed by atoms with E-state index in [-0.39, 0.29) is 6.61 Å². The maximum absolute atomic E-state index is 8.68. The zero-order valence-electron chi connectivity index (χ0n) is 36.5. The van der Waals surface area contributed by atoms with Gasteiger partial charge in [-0.1, -0.05) is 13.3 Å². The highest BCUT2D eigenvalue weighted by atomic mass is 16.5. The first-order chi connectivity index (χ1) is 28.4. The van der Waals surface area contributed by atoms with E-state index < -0.39 is 0 Å². The molecular weight excluding hydrogens is 740 g/mol. The summed E-state index contributed by atoms with van der Waals surface area (Å²) >= 11 is 0. The topological polar surface area (TPSA) is 140 Å². The van der Waals surface area contributed by atoms with Crippen LogP contribution in [-0.2, 0) is 61.6 Å². The highest BCUT2D eigenvalue weighted by Crippen LogP contribution is 1.97. The summed E-state index contributed by atoms with van der Waals surface area (Å²) in [4.78, 5) is 0. The minimum Gasteiger partial charge on any atom is -0.396 e. The van der Waals surface area contributed by atoms with Crippen LogP contribution >= 0.6 is 0 Å². The van der Waals surface area contributed by atoms with Crippen LogP contribution in [0.5, 0.6) is 0 Å². The van der Waals surface area contributed by atoms with Crippen molar-refractivity contribution in [3.63, 3.8) is 0 Å². The summed E-state index contributed by atoms with van der Waals surface area (Å²) < 4.78 is 73.0. The zero-order chi connectivity index (χ0) is 40.9. The smallest absolute Gasteiger partial charge is 0.0488 e. The predicted octanol–water partition coefficient (Wildman–Crippen LogP) is 6.07. The number of aliphatic hydroxyl groups excluding tert-OH is 1. The van der Waals surface area contributed by atoms with Gasteiger partial charge >= 0.3 is 0 Å². The van der Waals surface area contributed by atoms with E-state index in [2.05, 4.69) is 6.92 Å². The van der Waals surface area contributed by atoms with Gasteiger partial charge < -0.3 is 66.7 Å². The second-order valence-electron chi connectivity index (χ2n) is 13.6. The monoisotopic (exact) mass is 829 g/mol. The van der Waals surface area contributed by atoms with E-state index in [0.29, 0.717) is 125 Å². The first-order valence-corrected chi connectivity index (χ1v) is 22.5. The molecule has 0 bridgehead atoms. The quantitative estimate of drug-likeness (QED) is 0.0710. The van der Waals surface area contributed by atoms with Crippen LogP contribution < -0.4 is 0 Å². The Bertz CT molecular complexity index is 628. The van der Waals surface area contributed by atoms with E-state index >= 15 is 0 Å². The second kappa shape index (κ2) is 55.4. The van der Waals surface area contributed by atoms with Crippen LogP contribution in [0.25, 0.3) is 0 Å². The molecule has 344 valence electrons. The van der Waals surface area contributed by atoms with E-state index in [4.69, 9.17) is 66.7 Å². The molecule has 1 N–H and O–H groups in total. The molecule has 57 heavy (non-hydrogen) atoms. The summed E-state index contributed by atoms with van der Waals surface area (Å²) in [6.45, 7) is 21.0. The van der Waals surface area contributed by atoms with E-state index in [1.807, 2.05) is 0 Å². The molecule has 0 aliphatic carbocycles. The Morgan fingerprint density at radius 2 is 0.316 bits per heavy atom. The predicted molar refractivity (Wildman–Crippen MR) is 223 cm³/mol. The molecule has 14 heteroatoms. The van der Waals surface area contributed by atoms with Crippen LogP contribution in [0, 0.1) is 0 Å². The van der Waals surface area contributed by atoms with Crippen LogP contribution in [0.3, 0.4) is 0 Å². The average molecular weight is 829 g/mol. The van der Waals surface area contributed by atoms with Crippen LogP contribution in [0.4, 0.5) is 0 Å². The molecule has 0 spiro atoms. The SMILES string of the molecule is CCCCOCCCOCCCOCCCOCCCOCCCOCCCOCCCOCCCOCCCOCCCOCCCOCCCOCCCO. The highest BCUT2D eigenvalue weighted by Gasteiger charge is 1.98. The van der Waals surface area contributed by atoms with Crippen molar-refractivity contribution in [1.82, 2.24) is 0 Å². The van der Waals surface area contributed by atoms with Crippen molar-refractivity contribution < 1.29 is 66.7 Å². The third-order valence-electron chi connectivity index (χ3n) is 8.02. The molecule has 0 amide bonds. The Balaban J connectivity index is 3.05. The fourth-order valence-electron chi connectivity index (χ4n) is 4.90. The lowest BCUT2D eigenvalue weighted by Crippen LogP contribution is -2.08. The van der Waals surface area contributed by atoms with Gasteiger partial charge in [0.15, 0.2) is 0 Å². The molecule has 0 aliphatic rings. The number of hydrogen-bond acceptors (Lipinski definition) is 14. The Hall–Kier alpha value is -0.560. The van der Waals surface area contributed by atoms with Gasteiger partial charge in [-0.2, -0.15) is 0 Å². The average Bonchev–Trinajstić information content (AvgIpc) is 3.22. The fraction of sp³-hybridized carbons (Fsp3) is 1.00. The van der Waals surface area contributed by atoms with Gasteiger partial charge in [0.05, 0.1) is 0 Å². The van der Waals surface area contributed by atoms with Gasteiger partial charge in [0.2, 0.25) is 0 Å². The van der Waals surface area contributed by atoms with Crippen LogP contribution in [-0.4, -0.2) is 183 Å². The van der Waals surface area contributed by atoms with E-state index in [9.17, 15) is 0 Å². The van der Waals surface area contributed by atoms with Crippen LogP contribution in [0.2, 0.25) is 0 Å². The van der Waals surface area contributed by atoms with Gasteiger partial charge in [-0.05, 0) is 89.9 Å². The van der Waals surface area contributed by atoms with Gasteiger partial charge in [0.1, 0.15) is 0 Å².